The van der Waals surface area contributed by atoms with Crippen LogP contribution in [0.1, 0.15) is 149 Å². The van der Waals surface area contributed by atoms with Crippen molar-refractivity contribution in [3.05, 3.63) is 210 Å². The maximum absolute atomic E-state index is 7.00. The molecular weight excluding hydrogens is 1010 g/mol. The van der Waals surface area contributed by atoms with Crippen LogP contribution in [-0.4, -0.2) is 12.3 Å². The second kappa shape index (κ2) is 17.9. The summed E-state index contributed by atoms with van der Waals surface area (Å²) in [6, 6.07) is 70.2. The fraction of sp³-hybridized carbons (Fsp3) is 0.308. The second-order valence-corrected chi connectivity index (χ2v) is 29.1. The molecule has 0 saturated heterocycles. The van der Waals surface area contributed by atoms with E-state index in [0.29, 0.717) is 0 Å². The van der Waals surface area contributed by atoms with E-state index < -0.39 is 0 Å². The quantitative estimate of drug-likeness (QED) is 0.155. The lowest BCUT2D eigenvalue weighted by Gasteiger charge is -2.53. The number of furan rings is 1. The normalized spacial score (nSPS) is 20.0. The van der Waals surface area contributed by atoms with Crippen molar-refractivity contribution in [2.45, 2.75) is 154 Å². The zero-order valence-corrected chi connectivity index (χ0v) is 50.9. The smallest absolute Gasteiger partial charge is 0.252 e. The van der Waals surface area contributed by atoms with Gasteiger partial charge in [-0.3, -0.25) is 0 Å². The van der Waals surface area contributed by atoms with E-state index in [0.717, 1.165) is 58.3 Å². The molecule has 9 aromatic carbocycles. The average Bonchev–Trinajstić information content (AvgIpc) is 1.83. The highest BCUT2D eigenvalue weighted by molar-refractivity contribution is 7.00. The highest BCUT2D eigenvalue weighted by atomic mass is 16.3. The molecule has 414 valence electrons. The lowest BCUT2D eigenvalue weighted by Crippen LogP contribution is -2.64. The molecule has 83 heavy (non-hydrogen) atoms. The van der Waals surface area contributed by atoms with Gasteiger partial charge in [-0.1, -0.05) is 210 Å². The van der Waals surface area contributed by atoms with Crippen molar-refractivity contribution in [2.75, 3.05) is 14.7 Å². The fourth-order valence-corrected chi connectivity index (χ4v) is 16.0. The molecule has 0 amide bonds. The summed E-state index contributed by atoms with van der Waals surface area (Å²) >= 11 is 0. The summed E-state index contributed by atoms with van der Waals surface area (Å²) in [6.07, 6.45) is 7.03. The van der Waals surface area contributed by atoms with Gasteiger partial charge in [-0.15, -0.1) is 0 Å². The third-order valence-corrected chi connectivity index (χ3v) is 21.2. The zero-order chi connectivity index (χ0) is 57.3. The molecule has 5 aliphatic rings. The van der Waals surface area contributed by atoms with Gasteiger partial charge in [0.2, 0.25) is 0 Å². The van der Waals surface area contributed by atoms with Gasteiger partial charge in [0.05, 0.1) is 16.9 Å². The maximum Gasteiger partial charge on any atom is 0.252 e. The first-order valence-corrected chi connectivity index (χ1v) is 30.9. The minimum absolute atomic E-state index is 0.00209. The van der Waals surface area contributed by atoms with Gasteiger partial charge in [-0.05, 0) is 176 Å². The number of benzene rings is 9. The molecule has 2 atom stereocenters. The maximum atomic E-state index is 7.00. The molecule has 1 saturated carbocycles. The predicted octanol–water partition coefficient (Wildman–Crippen LogP) is 19.7. The molecule has 10 aromatic rings. The molecule has 0 radical (unpaired) electrons. The molecule has 0 bridgehead atoms. The molecule has 2 aliphatic carbocycles. The van der Waals surface area contributed by atoms with Crippen molar-refractivity contribution < 1.29 is 4.42 Å². The summed E-state index contributed by atoms with van der Waals surface area (Å²) in [5.74, 6) is 0. The van der Waals surface area contributed by atoms with Gasteiger partial charge in [0.25, 0.3) is 6.71 Å². The second-order valence-electron chi connectivity index (χ2n) is 29.1. The van der Waals surface area contributed by atoms with Gasteiger partial charge in [0.1, 0.15) is 5.58 Å². The molecule has 1 aromatic heterocycles. The highest BCUT2D eigenvalue weighted by Gasteiger charge is 2.62. The summed E-state index contributed by atoms with van der Waals surface area (Å²) in [5.41, 5.74) is 27.4. The first-order chi connectivity index (χ1) is 39.6. The van der Waals surface area contributed by atoms with E-state index in [1.165, 1.54) is 114 Å². The van der Waals surface area contributed by atoms with Crippen LogP contribution >= 0.6 is 0 Å². The largest absolute Gasteiger partial charge is 0.454 e. The average molecular weight is 1080 g/mol. The molecule has 2 unspecified atom stereocenters. The molecule has 5 heteroatoms. The minimum atomic E-state index is -0.140. The van der Waals surface area contributed by atoms with Crippen molar-refractivity contribution in [1.29, 1.82) is 0 Å². The molecule has 0 N–H and O–H groups in total. The Bertz CT molecular complexity index is 4290. The molecule has 0 spiro atoms. The number of para-hydroxylation sites is 2. The number of nitrogens with zero attached hydrogens (tertiary/aromatic N) is 3. The van der Waals surface area contributed by atoms with E-state index in [2.05, 4.69) is 280 Å². The van der Waals surface area contributed by atoms with Crippen molar-refractivity contribution in [3.63, 3.8) is 0 Å². The summed E-state index contributed by atoms with van der Waals surface area (Å²) in [4.78, 5) is 8.14. The van der Waals surface area contributed by atoms with Gasteiger partial charge < -0.3 is 19.1 Å². The highest BCUT2D eigenvalue weighted by Crippen LogP contribution is 2.63. The van der Waals surface area contributed by atoms with E-state index in [4.69, 9.17) is 4.42 Å². The molecule has 4 heterocycles. The molecule has 4 nitrogen and oxygen atoms in total. The topological polar surface area (TPSA) is 22.9 Å². The lowest BCUT2D eigenvalue weighted by atomic mass is 9.33. The molecule has 1 fully saturated rings. The fourth-order valence-electron chi connectivity index (χ4n) is 16.0. The first-order valence-electron chi connectivity index (χ1n) is 30.9. The molecular formula is C78H78BN3O. The summed E-state index contributed by atoms with van der Waals surface area (Å²) < 4.78 is 7.00. The van der Waals surface area contributed by atoms with Crippen LogP contribution in [0.15, 0.2) is 186 Å². The van der Waals surface area contributed by atoms with Crippen LogP contribution in [0.2, 0.25) is 0 Å². The van der Waals surface area contributed by atoms with E-state index in [1.54, 1.807) is 0 Å². The van der Waals surface area contributed by atoms with E-state index in [-0.39, 0.29) is 39.3 Å². The van der Waals surface area contributed by atoms with Crippen LogP contribution in [0, 0.1) is 0 Å². The van der Waals surface area contributed by atoms with E-state index in [1.807, 2.05) is 0 Å². The van der Waals surface area contributed by atoms with Crippen LogP contribution in [0.4, 0.5) is 45.5 Å². The van der Waals surface area contributed by atoms with Crippen LogP contribution in [-0.2, 0) is 27.1 Å². The van der Waals surface area contributed by atoms with Gasteiger partial charge >= 0.3 is 0 Å². The third-order valence-electron chi connectivity index (χ3n) is 21.2. The Kier molecular flexibility index (Phi) is 11.2. The first kappa shape index (κ1) is 52.1. The van der Waals surface area contributed by atoms with Gasteiger partial charge in [-0.25, -0.2) is 0 Å². The Morgan fingerprint density at radius 2 is 1.10 bits per heavy atom. The summed E-state index contributed by atoms with van der Waals surface area (Å²) in [7, 11) is 0. The van der Waals surface area contributed by atoms with Crippen LogP contribution in [0.5, 0.6) is 0 Å². The van der Waals surface area contributed by atoms with Crippen molar-refractivity contribution in [1.82, 2.24) is 0 Å². The molecule has 3 aliphatic heterocycles. The number of anilines is 8. The summed E-state index contributed by atoms with van der Waals surface area (Å²) in [5, 5.41) is 2.23. The van der Waals surface area contributed by atoms with Crippen LogP contribution in [0.3, 0.4) is 0 Å². The number of fused-ring (bicyclic) bond motifs is 11. The summed E-state index contributed by atoms with van der Waals surface area (Å²) in [6.45, 7) is 29.3. The number of hydrogen-bond donors (Lipinski definition) is 0. The van der Waals surface area contributed by atoms with Gasteiger partial charge in [0, 0.05) is 55.9 Å². The molecule has 15 rings (SSSR count). The lowest BCUT2D eigenvalue weighted by molar-refractivity contribution is 0.195. The van der Waals surface area contributed by atoms with Crippen molar-refractivity contribution in [2.24, 2.45) is 0 Å². The SMILES string of the molecule is CC(C)(C)c1ccc(N(c2ccc3c(c2)N(c2cc4c(cc2-c2ccccc2)C(C)(C)CCC4(C)C)c2cc(-c4ccccc4)cc4c2B3c2cc(C(C)(C)C)cc3c2N4C2(C)CCCCC32C)c2cccc3c2oc2ccccc23)cc1. The third kappa shape index (κ3) is 7.64. The Morgan fingerprint density at radius 3 is 1.81 bits per heavy atom. The van der Waals surface area contributed by atoms with Crippen molar-refractivity contribution in [3.8, 4) is 22.3 Å². The standard InChI is InChI=1S/C78H78BN3O/c1-73(2,3)52-32-34-54(35-33-52)80(64-30-23-29-57-56-28-19-20-31-69(56)83-72(57)64)55-36-37-62-66(46-55)81(65-48-60-59(75(7,8)40-41-76(60,9)10)47-58(65)50-26-17-14-18-27-50)67-42-51(49-24-15-13-16-25-49)43-68-70(67)79(62)63-45-53(74(4,5)6)44-61-71(63)82(68)78(12)39-22-21-38-77(61,78)11/h13-20,23-37,42-48H,21-22,38-41H2,1-12H3. The van der Waals surface area contributed by atoms with Crippen molar-refractivity contribution >= 4 is 90.5 Å². The van der Waals surface area contributed by atoms with E-state index >= 15 is 0 Å². The minimum Gasteiger partial charge on any atom is -0.454 e. The van der Waals surface area contributed by atoms with Crippen LogP contribution < -0.4 is 31.1 Å². The van der Waals surface area contributed by atoms with Crippen LogP contribution in [0.25, 0.3) is 44.2 Å². The Labute approximate surface area is 493 Å². The Morgan fingerprint density at radius 1 is 0.470 bits per heavy atom. The zero-order valence-electron chi connectivity index (χ0n) is 50.9. The van der Waals surface area contributed by atoms with Gasteiger partial charge in [-0.2, -0.15) is 0 Å². The Hall–Kier alpha value is -7.76. The predicted molar refractivity (Wildman–Crippen MR) is 354 cm³/mol. The monoisotopic (exact) mass is 1080 g/mol. The van der Waals surface area contributed by atoms with E-state index in [9.17, 15) is 0 Å². The Balaban J connectivity index is 1.10. The van der Waals surface area contributed by atoms with Gasteiger partial charge in [0.15, 0.2) is 5.58 Å². The number of hydrogen-bond acceptors (Lipinski definition) is 4. The number of rotatable bonds is 6.